The van der Waals surface area contributed by atoms with Crippen LogP contribution in [0.1, 0.15) is 37.1 Å². The Hall–Kier alpha value is -0.870. The van der Waals surface area contributed by atoms with Gasteiger partial charge < -0.3 is 10.3 Å². The highest BCUT2D eigenvalue weighted by molar-refractivity contribution is 5.05. The van der Waals surface area contributed by atoms with Gasteiger partial charge in [0, 0.05) is 25.7 Å². The largest absolute Gasteiger partial charge is 0.360 e. The minimum absolute atomic E-state index is 0.467. The van der Waals surface area contributed by atoms with Crippen LogP contribution in [-0.2, 0) is 13.1 Å². The van der Waals surface area contributed by atoms with Crippen molar-refractivity contribution in [3.05, 3.63) is 17.5 Å². The lowest BCUT2D eigenvalue weighted by Gasteiger charge is -2.20. The van der Waals surface area contributed by atoms with E-state index in [1.165, 1.54) is 38.8 Å². The summed E-state index contributed by atoms with van der Waals surface area (Å²) in [6.45, 7) is 3.83. The normalized spacial score (nSPS) is 20.1. The van der Waals surface area contributed by atoms with E-state index in [2.05, 4.69) is 10.1 Å². The third-order valence-electron chi connectivity index (χ3n) is 3.62. The van der Waals surface area contributed by atoms with Crippen molar-refractivity contribution in [3.8, 4) is 0 Å². The van der Waals surface area contributed by atoms with Crippen LogP contribution in [0.3, 0.4) is 0 Å². The highest BCUT2D eigenvalue weighted by atomic mass is 16.5. The van der Waals surface area contributed by atoms with Gasteiger partial charge in [-0.1, -0.05) is 5.16 Å². The van der Waals surface area contributed by atoms with Gasteiger partial charge in [-0.3, -0.25) is 4.90 Å². The van der Waals surface area contributed by atoms with Gasteiger partial charge in [0.25, 0.3) is 0 Å². The van der Waals surface area contributed by atoms with Crippen LogP contribution < -0.4 is 5.73 Å². The Morgan fingerprint density at radius 2 is 1.88 bits per heavy atom. The van der Waals surface area contributed by atoms with Crippen LogP contribution in [0.2, 0.25) is 0 Å². The molecule has 0 aromatic carbocycles. The van der Waals surface area contributed by atoms with Crippen molar-refractivity contribution in [2.24, 2.45) is 17.6 Å². The number of nitrogens with zero attached hydrogens (tertiary/aromatic N) is 2. The molecule has 2 aliphatic rings. The summed E-state index contributed by atoms with van der Waals surface area (Å²) in [6.07, 6.45) is 5.63. The third kappa shape index (κ3) is 3.30. The van der Waals surface area contributed by atoms with Crippen LogP contribution in [0.4, 0.5) is 0 Å². The maximum atomic E-state index is 5.54. The summed E-state index contributed by atoms with van der Waals surface area (Å²) in [5, 5.41) is 3.95. The summed E-state index contributed by atoms with van der Waals surface area (Å²) in [5.74, 6) is 2.84. The molecule has 2 fully saturated rings. The first-order valence-electron chi connectivity index (χ1n) is 6.70. The first-order chi connectivity index (χ1) is 8.33. The summed E-state index contributed by atoms with van der Waals surface area (Å²) in [5.41, 5.74) is 6.40. The lowest BCUT2D eigenvalue weighted by atomic mass is 10.2. The Morgan fingerprint density at radius 3 is 2.35 bits per heavy atom. The van der Waals surface area contributed by atoms with Crippen LogP contribution in [-0.4, -0.2) is 23.1 Å². The second kappa shape index (κ2) is 4.78. The van der Waals surface area contributed by atoms with Crippen molar-refractivity contribution in [2.75, 3.05) is 13.1 Å². The minimum Gasteiger partial charge on any atom is -0.360 e. The molecule has 3 rings (SSSR count). The highest BCUT2D eigenvalue weighted by Gasteiger charge is 2.29. The fourth-order valence-electron chi connectivity index (χ4n) is 2.28. The molecule has 17 heavy (non-hydrogen) atoms. The molecule has 0 amide bonds. The summed E-state index contributed by atoms with van der Waals surface area (Å²) in [6, 6.07) is 1.99. The van der Waals surface area contributed by atoms with Crippen LogP contribution in [0.5, 0.6) is 0 Å². The van der Waals surface area contributed by atoms with Gasteiger partial charge in [0.1, 0.15) is 0 Å². The molecule has 1 aromatic heterocycles. The Morgan fingerprint density at radius 1 is 1.24 bits per heavy atom. The fraction of sp³-hybridized carbons (Fsp3) is 0.769. The molecule has 0 bridgehead atoms. The molecular formula is C13H21N3O. The molecule has 1 aromatic rings. The average Bonchev–Trinajstić information content (AvgIpc) is 3.22. The third-order valence-corrected chi connectivity index (χ3v) is 3.62. The molecule has 0 saturated heterocycles. The van der Waals surface area contributed by atoms with E-state index in [-0.39, 0.29) is 0 Å². The van der Waals surface area contributed by atoms with E-state index in [9.17, 15) is 0 Å². The van der Waals surface area contributed by atoms with Crippen molar-refractivity contribution in [1.82, 2.24) is 10.1 Å². The molecule has 2 aliphatic carbocycles. The van der Waals surface area contributed by atoms with E-state index in [4.69, 9.17) is 10.3 Å². The zero-order valence-corrected chi connectivity index (χ0v) is 10.3. The standard InChI is InChI=1S/C13H21N3O/c14-6-12-5-13(17-15-12)9-16(7-10-1-2-10)8-11-3-4-11/h5,10-11H,1-4,6-9,14H2. The first-order valence-corrected chi connectivity index (χ1v) is 6.70. The van der Waals surface area contributed by atoms with Crippen molar-refractivity contribution >= 4 is 0 Å². The Labute approximate surface area is 102 Å². The van der Waals surface area contributed by atoms with Gasteiger partial charge in [-0.25, -0.2) is 0 Å². The first kappa shape index (κ1) is 11.2. The quantitative estimate of drug-likeness (QED) is 0.782. The second-order valence-corrected chi connectivity index (χ2v) is 5.57. The van der Waals surface area contributed by atoms with E-state index in [0.717, 1.165) is 29.8 Å². The van der Waals surface area contributed by atoms with Crippen molar-refractivity contribution in [2.45, 2.75) is 38.8 Å². The molecule has 0 atom stereocenters. The zero-order chi connectivity index (χ0) is 11.7. The molecule has 1 heterocycles. The van der Waals surface area contributed by atoms with Crippen molar-refractivity contribution in [3.63, 3.8) is 0 Å². The van der Waals surface area contributed by atoms with Gasteiger partial charge in [0.05, 0.1) is 12.2 Å². The Balaban J connectivity index is 1.56. The number of aromatic nitrogens is 1. The summed E-state index contributed by atoms with van der Waals surface area (Å²) < 4.78 is 5.32. The topological polar surface area (TPSA) is 55.3 Å². The molecule has 0 spiro atoms. The smallest absolute Gasteiger partial charge is 0.151 e. The maximum absolute atomic E-state index is 5.54. The summed E-state index contributed by atoms with van der Waals surface area (Å²) >= 11 is 0. The number of hydrogen-bond donors (Lipinski definition) is 1. The lowest BCUT2D eigenvalue weighted by molar-refractivity contribution is 0.214. The minimum atomic E-state index is 0.467. The van der Waals surface area contributed by atoms with E-state index < -0.39 is 0 Å². The molecular weight excluding hydrogens is 214 g/mol. The molecule has 4 nitrogen and oxygen atoms in total. The zero-order valence-electron chi connectivity index (χ0n) is 10.3. The molecule has 2 saturated carbocycles. The predicted molar refractivity (Wildman–Crippen MR) is 65.1 cm³/mol. The fourth-order valence-corrected chi connectivity index (χ4v) is 2.28. The van der Waals surface area contributed by atoms with Crippen LogP contribution in [0.25, 0.3) is 0 Å². The molecule has 2 N–H and O–H groups in total. The Kier molecular flexibility index (Phi) is 3.16. The molecule has 94 valence electrons. The Bertz CT molecular complexity index is 354. The lowest BCUT2D eigenvalue weighted by Crippen LogP contribution is -2.27. The van der Waals surface area contributed by atoms with Gasteiger partial charge in [-0.2, -0.15) is 0 Å². The summed E-state index contributed by atoms with van der Waals surface area (Å²) in [4.78, 5) is 2.54. The molecule has 0 radical (unpaired) electrons. The molecule has 0 aliphatic heterocycles. The number of rotatable bonds is 7. The van der Waals surface area contributed by atoms with E-state index in [1.807, 2.05) is 6.07 Å². The predicted octanol–water partition coefficient (Wildman–Crippen LogP) is 1.76. The van der Waals surface area contributed by atoms with Crippen molar-refractivity contribution < 1.29 is 4.52 Å². The van der Waals surface area contributed by atoms with E-state index in [1.54, 1.807) is 0 Å². The van der Waals surface area contributed by atoms with E-state index in [0.29, 0.717) is 6.54 Å². The SMILES string of the molecule is NCc1cc(CN(CC2CC2)CC2CC2)on1. The summed E-state index contributed by atoms with van der Waals surface area (Å²) in [7, 11) is 0. The molecule has 4 heteroatoms. The number of nitrogens with two attached hydrogens (primary N) is 1. The van der Waals surface area contributed by atoms with Gasteiger partial charge in [0.15, 0.2) is 5.76 Å². The monoisotopic (exact) mass is 235 g/mol. The van der Waals surface area contributed by atoms with Crippen LogP contribution >= 0.6 is 0 Å². The highest BCUT2D eigenvalue weighted by Crippen LogP contribution is 2.34. The second-order valence-electron chi connectivity index (χ2n) is 5.57. The van der Waals surface area contributed by atoms with Gasteiger partial charge in [-0.15, -0.1) is 0 Å². The van der Waals surface area contributed by atoms with Crippen LogP contribution in [0, 0.1) is 11.8 Å². The van der Waals surface area contributed by atoms with Gasteiger partial charge >= 0.3 is 0 Å². The van der Waals surface area contributed by atoms with E-state index >= 15 is 0 Å². The van der Waals surface area contributed by atoms with Crippen LogP contribution in [0.15, 0.2) is 10.6 Å². The average molecular weight is 235 g/mol. The van der Waals surface area contributed by atoms with Crippen molar-refractivity contribution in [1.29, 1.82) is 0 Å². The number of hydrogen-bond acceptors (Lipinski definition) is 4. The molecule has 0 unspecified atom stereocenters. The van der Waals surface area contributed by atoms with Gasteiger partial charge in [-0.05, 0) is 37.5 Å². The van der Waals surface area contributed by atoms with Gasteiger partial charge in [0.2, 0.25) is 0 Å². The maximum Gasteiger partial charge on any atom is 0.151 e.